The molecule has 0 spiro atoms. The molecule has 48 valence electrons. The van der Waals surface area contributed by atoms with Crippen molar-refractivity contribution >= 4 is 0 Å². The lowest BCUT2D eigenvalue weighted by Gasteiger charge is -2.31. The van der Waals surface area contributed by atoms with Crippen LogP contribution in [0.1, 0.15) is 13.3 Å². The van der Waals surface area contributed by atoms with E-state index in [0.717, 1.165) is 6.54 Å². The smallest absolute Gasteiger partial charge is 0.0471 e. The molecule has 1 fully saturated rings. The minimum absolute atomic E-state index is 0.317. The van der Waals surface area contributed by atoms with Crippen LogP contribution in [0.15, 0.2) is 0 Å². The van der Waals surface area contributed by atoms with E-state index in [4.69, 9.17) is 5.11 Å². The number of rotatable bonds is 2. The highest BCUT2D eigenvalue weighted by molar-refractivity contribution is 4.81. The number of hydrogen-bond acceptors (Lipinski definition) is 2. The lowest BCUT2D eigenvalue weighted by Crippen LogP contribution is -2.48. The first-order valence-electron chi connectivity index (χ1n) is 3.19. The second-order valence-corrected chi connectivity index (χ2v) is 2.51. The van der Waals surface area contributed by atoms with Gasteiger partial charge in [-0.25, -0.2) is 0 Å². The van der Waals surface area contributed by atoms with Crippen LogP contribution in [-0.4, -0.2) is 24.3 Å². The number of hydrogen-bond donors (Lipinski definition) is 2. The molecule has 0 aromatic carbocycles. The summed E-state index contributed by atoms with van der Waals surface area (Å²) in [6, 6.07) is 0.597. The third kappa shape index (κ3) is 1.01. The van der Waals surface area contributed by atoms with Gasteiger partial charge in [-0.1, -0.05) is 6.92 Å². The molecule has 0 aromatic heterocycles. The van der Waals surface area contributed by atoms with Crippen LogP contribution in [0, 0.1) is 5.92 Å². The Balaban J connectivity index is 2.13. The number of nitrogens with one attached hydrogen (secondary N) is 1. The van der Waals surface area contributed by atoms with Crippen molar-refractivity contribution < 1.29 is 5.11 Å². The second-order valence-electron chi connectivity index (χ2n) is 2.51. The van der Waals surface area contributed by atoms with Crippen LogP contribution < -0.4 is 5.32 Å². The van der Waals surface area contributed by atoms with Crippen molar-refractivity contribution in [3.05, 3.63) is 0 Å². The first kappa shape index (κ1) is 6.05. The Morgan fingerprint density at radius 2 is 2.50 bits per heavy atom. The Kier molecular flexibility index (Phi) is 1.86. The number of aliphatic hydroxyl groups is 1. The van der Waals surface area contributed by atoms with E-state index in [1.807, 2.05) is 0 Å². The fraction of sp³-hybridized carbons (Fsp3) is 1.00. The van der Waals surface area contributed by atoms with Gasteiger partial charge in [-0.2, -0.15) is 0 Å². The third-order valence-corrected chi connectivity index (χ3v) is 1.84. The molecule has 8 heavy (non-hydrogen) atoms. The summed E-state index contributed by atoms with van der Waals surface area (Å²) in [5, 5.41) is 11.9. The molecule has 2 heteroatoms. The maximum absolute atomic E-state index is 8.63. The fourth-order valence-electron chi connectivity index (χ4n) is 0.924. The zero-order valence-electron chi connectivity index (χ0n) is 5.22. The van der Waals surface area contributed by atoms with Crippen LogP contribution in [0.2, 0.25) is 0 Å². The molecule has 0 bridgehead atoms. The normalized spacial score (nSPS) is 31.5. The summed E-state index contributed by atoms with van der Waals surface area (Å²) in [5.41, 5.74) is 0. The SMILES string of the molecule is CC(CO)C1CCN1. The molecule has 1 saturated heterocycles. The van der Waals surface area contributed by atoms with Crippen molar-refractivity contribution in [1.29, 1.82) is 0 Å². The predicted octanol–water partition coefficient (Wildman–Crippen LogP) is -0.0233. The van der Waals surface area contributed by atoms with Gasteiger partial charge >= 0.3 is 0 Å². The summed E-state index contributed by atoms with van der Waals surface area (Å²) < 4.78 is 0. The van der Waals surface area contributed by atoms with Gasteiger partial charge in [0.2, 0.25) is 0 Å². The summed E-state index contributed by atoms with van der Waals surface area (Å²) in [6.07, 6.45) is 1.24. The molecule has 1 rings (SSSR count). The molecular formula is C6H13NO. The van der Waals surface area contributed by atoms with E-state index in [9.17, 15) is 0 Å². The van der Waals surface area contributed by atoms with Gasteiger partial charge in [0, 0.05) is 12.6 Å². The molecule has 0 amide bonds. The maximum Gasteiger partial charge on any atom is 0.0471 e. The van der Waals surface area contributed by atoms with E-state index in [2.05, 4.69) is 12.2 Å². The van der Waals surface area contributed by atoms with Crippen LogP contribution in [0.25, 0.3) is 0 Å². The van der Waals surface area contributed by atoms with Gasteiger partial charge in [-0.3, -0.25) is 0 Å². The molecule has 0 aromatic rings. The first-order chi connectivity index (χ1) is 3.84. The summed E-state index contributed by atoms with van der Waals surface area (Å²) in [4.78, 5) is 0. The molecule has 1 aliphatic heterocycles. The van der Waals surface area contributed by atoms with Crippen LogP contribution >= 0.6 is 0 Å². The van der Waals surface area contributed by atoms with Crippen molar-refractivity contribution in [2.45, 2.75) is 19.4 Å². The minimum Gasteiger partial charge on any atom is -0.396 e. The van der Waals surface area contributed by atoms with Gasteiger partial charge in [0.25, 0.3) is 0 Å². The highest BCUT2D eigenvalue weighted by atomic mass is 16.3. The highest BCUT2D eigenvalue weighted by Gasteiger charge is 2.21. The van der Waals surface area contributed by atoms with Crippen LogP contribution in [0.5, 0.6) is 0 Å². The van der Waals surface area contributed by atoms with Crippen LogP contribution in [0.3, 0.4) is 0 Å². The Labute approximate surface area is 49.9 Å². The number of aliphatic hydroxyl groups excluding tert-OH is 1. The lowest BCUT2D eigenvalue weighted by atomic mass is 9.94. The third-order valence-electron chi connectivity index (χ3n) is 1.84. The molecule has 2 nitrogen and oxygen atoms in total. The Morgan fingerprint density at radius 3 is 2.62 bits per heavy atom. The predicted molar refractivity (Wildman–Crippen MR) is 32.7 cm³/mol. The Hall–Kier alpha value is -0.0800. The van der Waals surface area contributed by atoms with E-state index in [-0.39, 0.29) is 0 Å². The molecule has 0 aliphatic carbocycles. The fourth-order valence-corrected chi connectivity index (χ4v) is 0.924. The second kappa shape index (κ2) is 2.46. The topological polar surface area (TPSA) is 32.3 Å². The average molecular weight is 115 g/mol. The molecule has 0 radical (unpaired) electrons. The highest BCUT2D eigenvalue weighted by Crippen LogP contribution is 2.11. The van der Waals surface area contributed by atoms with Crippen molar-refractivity contribution in [1.82, 2.24) is 5.32 Å². The standard InChI is InChI=1S/C6H13NO/c1-5(4-8)6-2-3-7-6/h5-8H,2-4H2,1H3. The minimum atomic E-state index is 0.317. The Morgan fingerprint density at radius 1 is 1.88 bits per heavy atom. The van der Waals surface area contributed by atoms with Gasteiger partial charge < -0.3 is 10.4 Å². The maximum atomic E-state index is 8.63. The average Bonchev–Trinajstić information content (AvgIpc) is 1.62. The zero-order chi connectivity index (χ0) is 5.98. The largest absolute Gasteiger partial charge is 0.396 e. The van der Waals surface area contributed by atoms with E-state index >= 15 is 0 Å². The molecular weight excluding hydrogens is 102 g/mol. The van der Waals surface area contributed by atoms with E-state index in [0.29, 0.717) is 18.6 Å². The Bertz CT molecular complexity index is 68.2. The molecule has 2 atom stereocenters. The molecule has 1 aliphatic rings. The van der Waals surface area contributed by atoms with Crippen molar-refractivity contribution in [2.75, 3.05) is 13.2 Å². The van der Waals surface area contributed by atoms with Crippen molar-refractivity contribution in [2.24, 2.45) is 5.92 Å². The van der Waals surface area contributed by atoms with E-state index in [1.165, 1.54) is 6.42 Å². The van der Waals surface area contributed by atoms with Crippen molar-refractivity contribution in [3.8, 4) is 0 Å². The van der Waals surface area contributed by atoms with E-state index in [1.54, 1.807) is 0 Å². The summed E-state index contributed by atoms with van der Waals surface area (Å²) in [7, 11) is 0. The van der Waals surface area contributed by atoms with Gasteiger partial charge in [0.1, 0.15) is 0 Å². The molecule has 2 N–H and O–H groups in total. The molecule has 1 heterocycles. The van der Waals surface area contributed by atoms with Crippen LogP contribution in [0.4, 0.5) is 0 Å². The van der Waals surface area contributed by atoms with Gasteiger partial charge in [0.05, 0.1) is 0 Å². The van der Waals surface area contributed by atoms with Gasteiger partial charge in [0.15, 0.2) is 0 Å². The van der Waals surface area contributed by atoms with Crippen LogP contribution in [-0.2, 0) is 0 Å². The van der Waals surface area contributed by atoms with Crippen molar-refractivity contribution in [3.63, 3.8) is 0 Å². The zero-order valence-corrected chi connectivity index (χ0v) is 5.22. The quantitative estimate of drug-likeness (QED) is 0.530. The molecule has 0 saturated carbocycles. The van der Waals surface area contributed by atoms with Gasteiger partial charge in [-0.15, -0.1) is 0 Å². The first-order valence-corrected chi connectivity index (χ1v) is 3.19. The monoisotopic (exact) mass is 115 g/mol. The summed E-state index contributed by atoms with van der Waals surface area (Å²) >= 11 is 0. The summed E-state index contributed by atoms with van der Waals surface area (Å²) in [5.74, 6) is 0.448. The summed E-state index contributed by atoms with van der Waals surface area (Å²) in [6.45, 7) is 3.52. The molecule has 2 unspecified atom stereocenters. The van der Waals surface area contributed by atoms with E-state index < -0.39 is 0 Å². The van der Waals surface area contributed by atoms with Gasteiger partial charge in [-0.05, 0) is 18.9 Å². The lowest BCUT2D eigenvalue weighted by molar-refractivity contribution is 0.169.